The predicted molar refractivity (Wildman–Crippen MR) is 87.1 cm³/mol. The van der Waals surface area contributed by atoms with Crippen LogP contribution in [0.25, 0.3) is 0 Å². The first-order valence-corrected chi connectivity index (χ1v) is 7.52. The lowest BCUT2D eigenvalue weighted by Crippen LogP contribution is -2.30. The van der Waals surface area contributed by atoms with Gasteiger partial charge in [-0.3, -0.25) is 4.79 Å². The molecule has 1 aromatic heterocycles. The highest BCUT2D eigenvalue weighted by Gasteiger charge is 2.14. The number of nitrogens with one attached hydrogen (secondary N) is 1. The minimum Gasteiger partial charge on any atom is -0.394 e. The molecule has 0 aliphatic rings. The molecular formula is C17H17N5O2. The first-order chi connectivity index (χ1) is 11.8. The number of tetrazole rings is 1. The third-order valence-electron chi connectivity index (χ3n) is 3.64. The van der Waals surface area contributed by atoms with Crippen LogP contribution in [0.4, 0.5) is 0 Å². The summed E-state index contributed by atoms with van der Waals surface area (Å²) in [6.07, 6.45) is 1.53. The number of nitrogens with zero attached hydrogens (tertiary/aromatic N) is 4. The van der Waals surface area contributed by atoms with Crippen molar-refractivity contribution < 1.29 is 9.90 Å². The van der Waals surface area contributed by atoms with Crippen molar-refractivity contribution in [2.24, 2.45) is 0 Å². The number of aromatic nitrogens is 4. The first-order valence-electron chi connectivity index (χ1n) is 7.52. The Morgan fingerprint density at radius 3 is 2.50 bits per heavy atom. The van der Waals surface area contributed by atoms with Gasteiger partial charge in [0.05, 0.1) is 19.2 Å². The van der Waals surface area contributed by atoms with Gasteiger partial charge in [-0.2, -0.15) is 0 Å². The molecule has 0 unspecified atom stereocenters. The zero-order valence-electron chi connectivity index (χ0n) is 12.9. The third kappa shape index (κ3) is 3.82. The van der Waals surface area contributed by atoms with Gasteiger partial charge in [-0.1, -0.05) is 42.5 Å². The number of rotatable bonds is 6. The van der Waals surface area contributed by atoms with Gasteiger partial charge < -0.3 is 10.4 Å². The van der Waals surface area contributed by atoms with Gasteiger partial charge in [0.2, 0.25) is 0 Å². The molecule has 0 aliphatic heterocycles. The lowest BCUT2D eigenvalue weighted by molar-refractivity contribution is 0.0916. The molecule has 2 N–H and O–H groups in total. The standard InChI is InChI=1S/C17H17N5O2/c23-11-16(14-4-2-1-3-5-14)19-17(24)15-8-6-13(7-9-15)10-22-12-18-20-21-22/h1-9,12,16,23H,10-11H2,(H,19,24)/t16-/m0/s1. The van der Waals surface area contributed by atoms with Gasteiger partial charge in [0.25, 0.3) is 5.91 Å². The van der Waals surface area contributed by atoms with E-state index in [1.807, 2.05) is 42.5 Å². The second-order valence-corrected chi connectivity index (χ2v) is 5.32. The summed E-state index contributed by atoms with van der Waals surface area (Å²) in [6.45, 7) is 0.380. The van der Waals surface area contributed by atoms with Gasteiger partial charge in [-0.15, -0.1) is 5.10 Å². The number of hydrogen-bond donors (Lipinski definition) is 2. The molecular weight excluding hydrogens is 306 g/mol. The summed E-state index contributed by atoms with van der Waals surface area (Å²) >= 11 is 0. The van der Waals surface area contributed by atoms with Crippen LogP contribution in [0.1, 0.15) is 27.5 Å². The van der Waals surface area contributed by atoms with E-state index in [1.54, 1.807) is 16.8 Å². The topological polar surface area (TPSA) is 92.9 Å². The van der Waals surface area contributed by atoms with Gasteiger partial charge >= 0.3 is 0 Å². The molecule has 1 amide bonds. The number of carbonyl (C=O) groups excluding carboxylic acids is 1. The van der Waals surface area contributed by atoms with E-state index >= 15 is 0 Å². The molecule has 1 heterocycles. The van der Waals surface area contributed by atoms with E-state index in [2.05, 4.69) is 20.8 Å². The fourth-order valence-corrected chi connectivity index (χ4v) is 2.36. The molecule has 0 spiro atoms. The maximum Gasteiger partial charge on any atom is 0.251 e. The highest BCUT2D eigenvalue weighted by atomic mass is 16.3. The van der Waals surface area contributed by atoms with Crippen molar-refractivity contribution in [2.75, 3.05) is 6.61 Å². The fraction of sp³-hybridized carbons (Fsp3) is 0.176. The van der Waals surface area contributed by atoms with Crippen LogP contribution in [0.3, 0.4) is 0 Å². The molecule has 0 radical (unpaired) electrons. The average molecular weight is 323 g/mol. The second kappa shape index (κ2) is 7.47. The van der Waals surface area contributed by atoms with E-state index in [0.29, 0.717) is 12.1 Å². The van der Waals surface area contributed by atoms with E-state index < -0.39 is 6.04 Å². The Morgan fingerprint density at radius 2 is 1.88 bits per heavy atom. The quantitative estimate of drug-likeness (QED) is 0.711. The number of carbonyl (C=O) groups is 1. The minimum atomic E-state index is -0.431. The van der Waals surface area contributed by atoms with E-state index in [0.717, 1.165) is 11.1 Å². The summed E-state index contributed by atoms with van der Waals surface area (Å²) in [5.41, 5.74) is 2.38. The number of amides is 1. The summed E-state index contributed by atoms with van der Waals surface area (Å²) in [4.78, 5) is 12.4. The summed E-state index contributed by atoms with van der Waals surface area (Å²) in [5.74, 6) is -0.230. The molecule has 3 aromatic rings. The molecule has 0 fully saturated rings. The van der Waals surface area contributed by atoms with E-state index in [-0.39, 0.29) is 12.5 Å². The van der Waals surface area contributed by atoms with Gasteiger partial charge in [0, 0.05) is 5.56 Å². The molecule has 0 bridgehead atoms. The summed E-state index contributed by atoms with van der Waals surface area (Å²) in [5, 5.41) is 23.3. The predicted octanol–water partition coefficient (Wildman–Crippen LogP) is 1.18. The molecule has 0 saturated carbocycles. The Hall–Kier alpha value is -3.06. The molecule has 122 valence electrons. The van der Waals surface area contributed by atoms with E-state index in [9.17, 15) is 9.90 Å². The first kappa shape index (κ1) is 15.8. The largest absolute Gasteiger partial charge is 0.394 e. The molecule has 7 nitrogen and oxygen atoms in total. The Bertz CT molecular complexity index is 773. The van der Waals surface area contributed by atoms with Crippen LogP contribution in [0.5, 0.6) is 0 Å². The van der Waals surface area contributed by atoms with Crippen LogP contribution >= 0.6 is 0 Å². The van der Waals surface area contributed by atoms with Crippen molar-refractivity contribution in [1.82, 2.24) is 25.5 Å². The number of aliphatic hydroxyl groups excluding tert-OH is 1. The second-order valence-electron chi connectivity index (χ2n) is 5.32. The Morgan fingerprint density at radius 1 is 1.12 bits per heavy atom. The molecule has 24 heavy (non-hydrogen) atoms. The zero-order chi connectivity index (χ0) is 16.8. The average Bonchev–Trinajstić information content (AvgIpc) is 3.14. The van der Waals surface area contributed by atoms with Crippen LogP contribution in [-0.2, 0) is 6.54 Å². The van der Waals surface area contributed by atoms with Crippen LogP contribution in [0.2, 0.25) is 0 Å². The summed E-state index contributed by atoms with van der Waals surface area (Å²) < 4.78 is 1.60. The van der Waals surface area contributed by atoms with Crippen LogP contribution < -0.4 is 5.32 Å². The lowest BCUT2D eigenvalue weighted by atomic mass is 10.1. The number of aliphatic hydroxyl groups is 1. The molecule has 2 aromatic carbocycles. The molecule has 1 atom stereocenters. The molecule has 0 aliphatic carbocycles. The summed E-state index contributed by atoms with van der Waals surface area (Å²) in [6, 6.07) is 16.1. The third-order valence-corrected chi connectivity index (χ3v) is 3.64. The smallest absolute Gasteiger partial charge is 0.251 e. The van der Waals surface area contributed by atoms with Crippen molar-refractivity contribution >= 4 is 5.91 Å². The van der Waals surface area contributed by atoms with Crippen molar-refractivity contribution in [2.45, 2.75) is 12.6 Å². The minimum absolute atomic E-state index is 0.160. The monoisotopic (exact) mass is 323 g/mol. The van der Waals surface area contributed by atoms with Crippen LogP contribution in [0.15, 0.2) is 60.9 Å². The molecule has 3 rings (SSSR count). The summed E-state index contributed by atoms with van der Waals surface area (Å²) in [7, 11) is 0. The Kier molecular flexibility index (Phi) is 4.93. The van der Waals surface area contributed by atoms with Crippen molar-refractivity contribution in [1.29, 1.82) is 0 Å². The van der Waals surface area contributed by atoms with Gasteiger partial charge in [-0.05, 0) is 33.7 Å². The van der Waals surface area contributed by atoms with Crippen molar-refractivity contribution in [3.8, 4) is 0 Å². The van der Waals surface area contributed by atoms with E-state index in [4.69, 9.17) is 0 Å². The van der Waals surface area contributed by atoms with Crippen molar-refractivity contribution in [3.05, 3.63) is 77.6 Å². The van der Waals surface area contributed by atoms with Crippen LogP contribution in [-0.4, -0.2) is 37.8 Å². The Balaban J connectivity index is 1.66. The fourth-order valence-electron chi connectivity index (χ4n) is 2.36. The lowest BCUT2D eigenvalue weighted by Gasteiger charge is -2.16. The molecule has 0 saturated heterocycles. The normalized spacial score (nSPS) is 11.9. The van der Waals surface area contributed by atoms with Crippen LogP contribution in [0, 0.1) is 0 Å². The maximum atomic E-state index is 12.4. The SMILES string of the molecule is O=C(N[C@@H](CO)c1ccccc1)c1ccc(Cn2cnnn2)cc1. The highest BCUT2D eigenvalue weighted by molar-refractivity contribution is 5.94. The van der Waals surface area contributed by atoms with Gasteiger partial charge in [-0.25, -0.2) is 4.68 Å². The number of benzene rings is 2. The number of hydrogen-bond acceptors (Lipinski definition) is 5. The van der Waals surface area contributed by atoms with Crippen molar-refractivity contribution in [3.63, 3.8) is 0 Å². The van der Waals surface area contributed by atoms with Gasteiger partial charge in [0.15, 0.2) is 0 Å². The van der Waals surface area contributed by atoms with E-state index in [1.165, 1.54) is 6.33 Å². The maximum absolute atomic E-state index is 12.4. The molecule has 7 heteroatoms. The Labute approximate surface area is 138 Å². The van der Waals surface area contributed by atoms with Gasteiger partial charge in [0.1, 0.15) is 6.33 Å². The highest BCUT2D eigenvalue weighted by Crippen LogP contribution is 2.13. The zero-order valence-corrected chi connectivity index (χ0v) is 12.9.